The van der Waals surface area contributed by atoms with Crippen LogP contribution in [0.1, 0.15) is 19.5 Å². The molecule has 2 atom stereocenters. The average Bonchev–Trinajstić information content (AvgIpc) is 3.15. The number of rotatable bonds is 2. The molecule has 0 unspecified atom stereocenters. The van der Waals surface area contributed by atoms with Crippen LogP contribution in [0.4, 0.5) is 22.0 Å². The van der Waals surface area contributed by atoms with Gasteiger partial charge in [-0.05, 0) is 19.9 Å². The number of pyridine rings is 2. The van der Waals surface area contributed by atoms with Crippen molar-refractivity contribution in [2.75, 3.05) is 24.8 Å². The van der Waals surface area contributed by atoms with Crippen LogP contribution in [0.15, 0.2) is 24.7 Å². The SMILES string of the molecule is CNc1cc2nc3c1ncn3C(=O)N[C@H](C)[C@@H](C)OCc1cc(c(OC)cn1)N2. The molecule has 3 aromatic rings. The highest BCUT2D eigenvalue weighted by atomic mass is 16.5. The van der Waals surface area contributed by atoms with Crippen LogP contribution in [-0.2, 0) is 11.3 Å². The van der Waals surface area contributed by atoms with Gasteiger partial charge in [-0.15, -0.1) is 0 Å². The predicted octanol–water partition coefficient (Wildman–Crippen LogP) is 2.49. The number of anilines is 3. The molecule has 4 rings (SSSR count). The molecule has 10 heteroatoms. The van der Waals surface area contributed by atoms with Gasteiger partial charge in [0.15, 0.2) is 11.4 Å². The number of imidazole rings is 1. The molecule has 0 aromatic carbocycles. The fourth-order valence-electron chi connectivity index (χ4n) is 3.10. The van der Waals surface area contributed by atoms with E-state index in [1.54, 1.807) is 20.4 Å². The largest absolute Gasteiger partial charge is 0.493 e. The summed E-state index contributed by atoms with van der Waals surface area (Å²) in [6.45, 7) is 4.09. The van der Waals surface area contributed by atoms with Crippen LogP contribution in [-0.4, -0.2) is 51.9 Å². The summed E-state index contributed by atoms with van der Waals surface area (Å²) in [7, 11) is 3.37. The van der Waals surface area contributed by atoms with Crippen LogP contribution in [0, 0.1) is 0 Å². The smallest absolute Gasteiger partial charge is 0.328 e. The van der Waals surface area contributed by atoms with E-state index < -0.39 is 0 Å². The summed E-state index contributed by atoms with van der Waals surface area (Å²) in [6, 6.07) is 3.13. The van der Waals surface area contributed by atoms with Crippen LogP contribution < -0.4 is 20.7 Å². The van der Waals surface area contributed by atoms with Gasteiger partial charge in [-0.2, -0.15) is 0 Å². The maximum Gasteiger partial charge on any atom is 0.328 e. The Kier molecular flexibility index (Phi) is 4.93. The first-order valence-corrected chi connectivity index (χ1v) is 9.28. The number of amides is 1. The molecular weight excluding hydrogens is 374 g/mol. The predicted molar refractivity (Wildman–Crippen MR) is 109 cm³/mol. The molecule has 0 aliphatic carbocycles. The fourth-order valence-corrected chi connectivity index (χ4v) is 3.10. The van der Waals surface area contributed by atoms with Crippen molar-refractivity contribution < 1.29 is 14.3 Å². The second kappa shape index (κ2) is 7.55. The molecule has 1 aliphatic heterocycles. The van der Waals surface area contributed by atoms with Gasteiger partial charge < -0.3 is 25.4 Å². The quantitative estimate of drug-likeness (QED) is 0.604. The van der Waals surface area contributed by atoms with E-state index in [0.29, 0.717) is 35.0 Å². The summed E-state index contributed by atoms with van der Waals surface area (Å²) in [5.74, 6) is 1.10. The number of hydrogen-bond donors (Lipinski definition) is 3. The van der Waals surface area contributed by atoms with Crippen LogP contribution in [0.5, 0.6) is 5.75 Å². The summed E-state index contributed by atoms with van der Waals surface area (Å²) in [6.07, 6.45) is 2.88. The summed E-state index contributed by atoms with van der Waals surface area (Å²) < 4.78 is 12.7. The molecule has 1 amide bonds. The van der Waals surface area contributed by atoms with Crippen LogP contribution in [0.3, 0.4) is 0 Å². The van der Waals surface area contributed by atoms with Crippen molar-refractivity contribution in [1.29, 1.82) is 0 Å². The monoisotopic (exact) mass is 397 g/mol. The Labute approximate surface area is 167 Å². The number of aromatic nitrogens is 4. The second-order valence-corrected chi connectivity index (χ2v) is 6.85. The van der Waals surface area contributed by atoms with Gasteiger partial charge in [-0.3, -0.25) is 4.98 Å². The van der Waals surface area contributed by atoms with E-state index in [1.807, 2.05) is 26.0 Å². The van der Waals surface area contributed by atoms with Gasteiger partial charge >= 0.3 is 6.03 Å². The molecule has 3 aromatic heterocycles. The van der Waals surface area contributed by atoms with Gasteiger partial charge in [0, 0.05) is 13.1 Å². The molecule has 1 aliphatic rings. The zero-order valence-electron chi connectivity index (χ0n) is 16.7. The van der Waals surface area contributed by atoms with Crippen molar-refractivity contribution in [3.05, 3.63) is 30.4 Å². The lowest BCUT2D eigenvalue weighted by atomic mass is 10.2. The highest BCUT2D eigenvalue weighted by molar-refractivity contribution is 5.94. The summed E-state index contributed by atoms with van der Waals surface area (Å²) in [5.41, 5.74) is 3.20. The average molecular weight is 397 g/mol. The van der Waals surface area contributed by atoms with Crippen molar-refractivity contribution in [1.82, 2.24) is 24.8 Å². The van der Waals surface area contributed by atoms with E-state index in [-0.39, 0.29) is 18.2 Å². The zero-order valence-corrected chi connectivity index (χ0v) is 16.7. The molecule has 4 bridgehead atoms. The Morgan fingerprint density at radius 1 is 1.31 bits per heavy atom. The number of carbonyl (C=O) groups excluding carboxylic acids is 1. The number of nitrogens with one attached hydrogen (secondary N) is 3. The lowest BCUT2D eigenvalue weighted by Gasteiger charge is -2.22. The maximum absolute atomic E-state index is 12.8. The number of fused-ring (bicyclic) bond motifs is 3. The first-order valence-electron chi connectivity index (χ1n) is 9.28. The summed E-state index contributed by atoms with van der Waals surface area (Å²) in [5, 5.41) is 9.30. The van der Waals surface area contributed by atoms with Crippen molar-refractivity contribution in [3.8, 4) is 5.75 Å². The Balaban J connectivity index is 1.89. The lowest BCUT2D eigenvalue weighted by molar-refractivity contribution is 0.0319. The number of methoxy groups -OCH3 is 1. The Morgan fingerprint density at radius 3 is 2.90 bits per heavy atom. The Morgan fingerprint density at radius 2 is 2.14 bits per heavy atom. The van der Waals surface area contributed by atoms with Crippen LogP contribution in [0.25, 0.3) is 11.2 Å². The minimum absolute atomic E-state index is 0.228. The van der Waals surface area contributed by atoms with Gasteiger partial charge in [0.1, 0.15) is 17.7 Å². The van der Waals surface area contributed by atoms with E-state index in [2.05, 4.69) is 30.9 Å². The van der Waals surface area contributed by atoms with E-state index in [1.165, 1.54) is 10.9 Å². The van der Waals surface area contributed by atoms with Crippen molar-refractivity contribution in [2.24, 2.45) is 0 Å². The molecule has 10 nitrogen and oxygen atoms in total. The Hall–Kier alpha value is -3.40. The van der Waals surface area contributed by atoms with E-state index in [4.69, 9.17) is 9.47 Å². The molecule has 4 heterocycles. The molecule has 0 saturated heterocycles. The molecule has 0 radical (unpaired) electrons. The molecular formula is C19H23N7O3. The van der Waals surface area contributed by atoms with Crippen LogP contribution in [0.2, 0.25) is 0 Å². The first-order chi connectivity index (χ1) is 14.0. The highest BCUT2D eigenvalue weighted by Gasteiger charge is 2.21. The summed E-state index contributed by atoms with van der Waals surface area (Å²) >= 11 is 0. The van der Waals surface area contributed by atoms with E-state index in [0.717, 1.165) is 11.4 Å². The number of nitrogens with zero attached hydrogens (tertiary/aromatic N) is 4. The van der Waals surface area contributed by atoms with Crippen molar-refractivity contribution >= 4 is 34.4 Å². The minimum Gasteiger partial charge on any atom is -0.493 e. The van der Waals surface area contributed by atoms with Gasteiger partial charge in [0.05, 0.1) is 49.1 Å². The molecule has 0 saturated carbocycles. The second-order valence-electron chi connectivity index (χ2n) is 6.85. The standard InChI is InChI=1S/C19H23N7O3/c1-10-11(2)29-8-12-5-13(15(28-4)7-21-12)24-16-6-14(20-3)17-18(25-16)26(9-22-17)19(27)23-10/h5-7,9-11H,8H2,1-4H3,(H,23,27)(H2,20,24,25)/t10-,11-/m1/s1. The topological polar surface area (TPSA) is 115 Å². The number of ether oxygens (including phenoxy) is 2. The molecule has 0 fully saturated rings. The van der Waals surface area contributed by atoms with E-state index in [9.17, 15) is 4.79 Å². The minimum atomic E-state index is -0.326. The fraction of sp³-hybridized carbons (Fsp3) is 0.368. The summed E-state index contributed by atoms with van der Waals surface area (Å²) in [4.78, 5) is 26.2. The zero-order chi connectivity index (χ0) is 20.5. The molecule has 152 valence electrons. The third-order valence-corrected chi connectivity index (χ3v) is 4.95. The van der Waals surface area contributed by atoms with Crippen LogP contribution >= 0.6 is 0 Å². The van der Waals surface area contributed by atoms with Gasteiger partial charge in [-0.25, -0.2) is 19.3 Å². The van der Waals surface area contributed by atoms with Gasteiger partial charge in [0.2, 0.25) is 0 Å². The van der Waals surface area contributed by atoms with Gasteiger partial charge in [0.25, 0.3) is 0 Å². The number of hydrogen-bond acceptors (Lipinski definition) is 8. The molecule has 29 heavy (non-hydrogen) atoms. The van der Waals surface area contributed by atoms with E-state index >= 15 is 0 Å². The highest BCUT2D eigenvalue weighted by Crippen LogP contribution is 2.30. The van der Waals surface area contributed by atoms with Crippen molar-refractivity contribution in [2.45, 2.75) is 32.6 Å². The van der Waals surface area contributed by atoms with Crippen molar-refractivity contribution in [3.63, 3.8) is 0 Å². The van der Waals surface area contributed by atoms with Gasteiger partial charge in [-0.1, -0.05) is 0 Å². The molecule has 0 spiro atoms. The lowest BCUT2D eigenvalue weighted by Crippen LogP contribution is -2.42. The maximum atomic E-state index is 12.8. The number of carbonyl (C=O) groups is 1. The third kappa shape index (κ3) is 3.54. The Bertz CT molecular complexity index is 1070. The first kappa shape index (κ1) is 18.9. The normalized spacial score (nSPS) is 19.4. The molecule has 3 N–H and O–H groups in total. The third-order valence-electron chi connectivity index (χ3n) is 4.95.